The van der Waals surface area contributed by atoms with Crippen LogP contribution in [0.25, 0.3) is 0 Å². The second-order valence-electron chi connectivity index (χ2n) is 5.67. The van der Waals surface area contributed by atoms with Crippen molar-refractivity contribution in [2.45, 2.75) is 32.2 Å². The summed E-state index contributed by atoms with van der Waals surface area (Å²) >= 11 is 0. The Labute approximate surface area is 116 Å². The average Bonchev–Trinajstić information content (AvgIpc) is 3.21. The molecule has 2 rings (SSSR count). The van der Waals surface area contributed by atoms with Crippen LogP contribution in [-0.4, -0.2) is 38.2 Å². The first-order valence-electron chi connectivity index (χ1n) is 7.33. The summed E-state index contributed by atoms with van der Waals surface area (Å²) in [5, 5.41) is 3.63. The molecule has 0 saturated heterocycles. The van der Waals surface area contributed by atoms with Gasteiger partial charge in [0.15, 0.2) is 0 Å². The number of ether oxygens (including phenoxy) is 1. The van der Waals surface area contributed by atoms with Gasteiger partial charge in [-0.3, -0.25) is 0 Å². The van der Waals surface area contributed by atoms with Gasteiger partial charge in [-0.05, 0) is 63.5 Å². The van der Waals surface area contributed by atoms with Gasteiger partial charge in [0, 0.05) is 18.3 Å². The number of anilines is 1. The highest BCUT2D eigenvalue weighted by Gasteiger charge is 2.29. The van der Waals surface area contributed by atoms with E-state index in [0.717, 1.165) is 24.8 Å². The van der Waals surface area contributed by atoms with Crippen molar-refractivity contribution in [1.29, 1.82) is 0 Å². The van der Waals surface area contributed by atoms with Crippen LogP contribution in [0.1, 0.15) is 26.2 Å². The van der Waals surface area contributed by atoms with Crippen molar-refractivity contribution in [3.05, 3.63) is 24.3 Å². The van der Waals surface area contributed by atoms with Gasteiger partial charge in [0.05, 0.1) is 0 Å². The fourth-order valence-electron chi connectivity index (χ4n) is 2.26. The molecule has 1 aliphatic carbocycles. The van der Waals surface area contributed by atoms with Crippen LogP contribution in [0.2, 0.25) is 0 Å². The number of hydrogen-bond donors (Lipinski definition) is 1. The van der Waals surface area contributed by atoms with E-state index in [4.69, 9.17) is 4.74 Å². The lowest BCUT2D eigenvalue weighted by Gasteiger charge is -2.18. The quantitative estimate of drug-likeness (QED) is 0.778. The summed E-state index contributed by atoms with van der Waals surface area (Å²) in [7, 11) is 4.11. The third-order valence-electron chi connectivity index (χ3n) is 3.64. The second-order valence-corrected chi connectivity index (χ2v) is 5.67. The fourth-order valence-corrected chi connectivity index (χ4v) is 2.26. The van der Waals surface area contributed by atoms with Gasteiger partial charge in [-0.25, -0.2) is 0 Å². The number of benzene rings is 1. The Kier molecular flexibility index (Phi) is 5.08. The molecule has 1 N–H and O–H groups in total. The van der Waals surface area contributed by atoms with Gasteiger partial charge in [0.2, 0.25) is 0 Å². The number of likely N-dealkylation sites (N-methyl/N-ethyl adjacent to an activating group) is 1. The smallest absolute Gasteiger partial charge is 0.119 e. The molecule has 0 amide bonds. The largest absolute Gasteiger partial charge is 0.492 e. The molecule has 1 atom stereocenters. The van der Waals surface area contributed by atoms with Crippen LogP contribution in [0.3, 0.4) is 0 Å². The normalized spacial score (nSPS) is 16.4. The van der Waals surface area contributed by atoms with Crippen molar-refractivity contribution in [2.75, 3.05) is 32.6 Å². The predicted octanol–water partition coefficient (Wildman–Crippen LogP) is 3.23. The molecule has 3 heteroatoms. The summed E-state index contributed by atoms with van der Waals surface area (Å²) in [5.41, 5.74) is 1.21. The summed E-state index contributed by atoms with van der Waals surface area (Å²) < 4.78 is 5.69. The number of rotatable bonds is 8. The molecule has 0 bridgehead atoms. The monoisotopic (exact) mass is 262 g/mol. The molecule has 106 valence electrons. The van der Waals surface area contributed by atoms with Crippen molar-refractivity contribution >= 4 is 5.69 Å². The highest BCUT2D eigenvalue weighted by atomic mass is 16.5. The van der Waals surface area contributed by atoms with Crippen LogP contribution in [-0.2, 0) is 0 Å². The maximum atomic E-state index is 5.69. The third kappa shape index (κ3) is 4.75. The maximum absolute atomic E-state index is 5.69. The molecule has 0 heterocycles. The second kappa shape index (κ2) is 6.80. The summed E-state index contributed by atoms with van der Waals surface area (Å²) in [4.78, 5) is 2.12. The molecule has 19 heavy (non-hydrogen) atoms. The highest BCUT2D eigenvalue weighted by Crippen LogP contribution is 2.35. The van der Waals surface area contributed by atoms with Crippen LogP contribution >= 0.6 is 0 Å². The predicted molar refractivity (Wildman–Crippen MR) is 80.9 cm³/mol. The topological polar surface area (TPSA) is 24.5 Å². The Bertz CT molecular complexity index is 371. The SMILES string of the molecule is CCC(Nc1ccc(OCCN(C)C)cc1)C1CC1. The van der Waals surface area contributed by atoms with Gasteiger partial charge in [-0.2, -0.15) is 0 Å². The Balaban J connectivity index is 1.80. The molecule has 1 fully saturated rings. The molecule has 1 aliphatic rings. The van der Waals surface area contributed by atoms with Crippen LogP contribution in [0, 0.1) is 5.92 Å². The number of nitrogens with one attached hydrogen (secondary N) is 1. The maximum Gasteiger partial charge on any atom is 0.119 e. The van der Waals surface area contributed by atoms with E-state index in [1.807, 2.05) is 0 Å². The summed E-state index contributed by atoms with van der Waals surface area (Å²) in [6, 6.07) is 8.99. The van der Waals surface area contributed by atoms with Gasteiger partial charge < -0.3 is 15.0 Å². The lowest BCUT2D eigenvalue weighted by Crippen LogP contribution is -2.20. The lowest BCUT2D eigenvalue weighted by molar-refractivity contribution is 0.261. The van der Waals surface area contributed by atoms with Gasteiger partial charge in [0.25, 0.3) is 0 Å². The van der Waals surface area contributed by atoms with E-state index in [-0.39, 0.29) is 0 Å². The van der Waals surface area contributed by atoms with E-state index >= 15 is 0 Å². The van der Waals surface area contributed by atoms with Crippen LogP contribution in [0.5, 0.6) is 5.75 Å². The van der Waals surface area contributed by atoms with E-state index in [0.29, 0.717) is 6.04 Å². The van der Waals surface area contributed by atoms with Crippen LogP contribution in [0.4, 0.5) is 5.69 Å². The molecule has 1 saturated carbocycles. The number of nitrogens with zero attached hydrogens (tertiary/aromatic N) is 1. The standard InChI is InChI=1S/C16H26N2O/c1-4-16(13-5-6-13)17-14-7-9-15(10-8-14)19-12-11-18(2)3/h7-10,13,16-17H,4-6,11-12H2,1-3H3. The molecule has 0 aromatic heterocycles. The minimum Gasteiger partial charge on any atom is -0.492 e. The molecule has 3 nitrogen and oxygen atoms in total. The van der Waals surface area contributed by atoms with E-state index < -0.39 is 0 Å². The molecular formula is C16H26N2O. The van der Waals surface area contributed by atoms with Crippen LogP contribution in [0.15, 0.2) is 24.3 Å². The zero-order valence-electron chi connectivity index (χ0n) is 12.4. The van der Waals surface area contributed by atoms with Crippen molar-refractivity contribution < 1.29 is 4.74 Å². The van der Waals surface area contributed by atoms with Crippen molar-refractivity contribution in [3.8, 4) is 5.75 Å². The molecule has 0 spiro atoms. The van der Waals surface area contributed by atoms with Gasteiger partial charge in [-0.15, -0.1) is 0 Å². The van der Waals surface area contributed by atoms with Crippen molar-refractivity contribution in [3.63, 3.8) is 0 Å². The zero-order valence-corrected chi connectivity index (χ0v) is 12.4. The fraction of sp³-hybridized carbons (Fsp3) is 0.625. The summed E-state index contributed by atoms with van der Waals surface area (Å²) in [5.74, 6) is 1.84. The van der Waals surface area contributed by atoms with Gasteiger partial charge in [0.1, 0.15) is 12.4 Å². The molecule has 1 unspecified atom stereocenters. The molecular weight excluding hydrogens is 236 g/mol. The minimum absolute atomic E-state index is 0.639. The third-order valence-corrected chi connectivity index (χ3v) is 3.64. The molecule has 1 aromatic rings. The Morgan fingerprint density at radius 2 is 1.95 bits per heavy atom. The van der Waals surface area contributed by atoms with Gasteiger partial charge >= 0.3 is 0 Å². The first-order chi connectivity index (χ1) is 9.19. The highest BCUT2D eigenvalue weighted by molar-refractivity contribution is 5.47. The Morgan fingerprint density at radius 3 is 2.47 bits per heavy atom. The van der Waals surface area contributed by atoms with Gasteiger partial charge in [-0.1, -0.05) is 6.92 Å². The Morgan fingerprint density at radius 1 is 1.26 bits per heavy atom. The lowest BCUT2D eigenvalue weighted by atomic mass is 10.1. The van der Waals surface area contributed by atoms with Crippen molar-refractivity contribution in [1.82, 2.24) is 4.90 Å². The van der Waals surface area contributed by atoms with E-state index in [1.54, 1.807) is 0 Å². The molecule has 0 radical (unpaired) electrons. The van der Waals surface area contributed by atoms with Crippen molar-refractivity contribution in [2.24, 2.45) is 5.92 Å². The van der Waals surface area contributed by atoms with E-state index in [2.05, 4.69) is 55.5 Å². The number of hydrogen-bond acceptors (Lipinski definition) is 3. The average molecular weight is 262 g/mol. The first-order valence-corrected chi connectivity index (χ1v) is 7.33. The summed E-state index contributed by atoms with van der Waals surface area (Å²) in [6.07, 6.45) is 3.97. The first kappa shape index (κ1) is 14.2. The Hall–Kier alpha value is -1.22. The van der Waals surface area contributed by atoms with E-state index in [9.17, 15) is 0 Å². The summed E-state index contributed by atoms with van der Waals surface area (Å²) in [6.45, 7) is 3.94. The zero-order chi connectivity index (χ0) is 13.7. The minimum atomic E-state index is 0.639. The molecule has 1 aromatic carbocycles. The molecule has 0 aliphatic heterocycles. The van der Waals surface area contributed by atoms with E-state index in [1.165, 1.54) is 24.9 Å². The van der Waals surface area contributed by atoms with Crippen LogP contribution < -0.4 is 10.1 Å².